The van der Waals surface area contributed by atoms with E-state index in [0.717, 1.165) is 24.7 Å². The number of carboxylic acid groups (broad SMARTS) is 1. The Morgan fingerprint density at radius 2 is 1.50 bits per heavy atom. The number of allylic oxidation sites excluding steroid dienone is 1. The van der Waals surface area contributed by atoms with Gasteiger partial charge in [0, 0.05) is 6.08 Å². The van der Waals surface area contributed by atoms with Crippen LogP contribution in [0.25, 0.3) is 0 Å². The second-order valence-corrected chi connectivity index (χ2v) is 6.52. The summed E-state index contributed by atoms with van der Waals surface area (Å²) in [6, 6.07) is 0. The molecule has 0 saturated heterocycles. The molecule has 0 fully saturated rings. The Morgan fingerprint density at radius 3 is 2.15 bits per heavy atom. The molecule has 0 radical (unpaired) electrons. The minimum Gasteiger partial charge on any atom is -0.478 e. The van der Waals surface area contributed by atoms with Crippen LogP contribution in [0.2, 0.25) is 0 Å². The third kappa shape index (κ3) is 15.3. The number of hydrogen-bond donors (Lipinski definition) is 1. The van der Waals surface area contributed by atoms with Crippen molar-refractivity contribution in [2.24, 2.45) is 11.8 Å². The Hall–Kier alpha value is -0.790. The predicted molar refractivity (Wildman–Crippen MR) is 86.9 cm³/mol. The van der Waals surface area contributed by atoms with Crippen LogP contribution in [-0.4, -0.2) is 11.1 Å². The molecule has 1 atom stereocenters. The van der Waals surface area contributed by atoms with Crippen LogP contribution in [0, 0.1) is 11.8 Å². The lowest BCUT2D eigenvalue weighted by Gasteiger charge is -2.12. The van der Waals surface area contributed by atoms with Crippen LogP contribution in [0.1, 0.15) is 85.0 Å². The van der Waals surface area contributed by atoms with Crippen molar-refractivity contribution in [2.75, 3.05) is 0 Å². The molecule has 0 aromatic rings. The summed E-state index contributed by atoms with van der Waals surface area (Å²) >= 11 is 0. The van der Waals surface area contributed by atoms with Crippen molar-refractivity contribution in [3.05, 3.63) is 12.2 Å². The zero-order chi connectivity index (χ0) is 15.2. The van der Waals surface area contributed by atoms with E-state index in [2.05, 4.69) is 20.8 Å². The fraction of sp³-hybridized carbons (Fsp3) is 0.833. The van der Waals surface area contributed by atoms with Gasteiger partial charge in [0.15, 0.2) is 0 Å². The maximum atomic E-state index is 10.3. The highest BCUT2D eigenvalue weighted by Gasteiger charge is 2.03. The van der Waals surface area contributed by atoms with Crippen LogP contribution < -0.4 is 0 Å². The van der Waals surface area contributed by atoms with Gasteiger partial charge in [-0.15, -0.1) is 0 Å². The van der Waals surface area contributed by atoms with E-state index < -0.39 is 5.97 Å². The van der Waals surface area contributed by atoms with Crippen molar-refractivity contribution in [1.29, 1.82) is 0 Å². The molecule has 0 aliphatic heterocycles. The first-order chi connectivity index (χ1) is 9.52. The molecule has 0 aliphatic rings. The molecular formula is C18H34O2. The van der Waals surface area contributed by atoms with E-state index in [4.69, 9.17) is 5.11 Å². The van der Waals surface area contributed by atoms with Gasteiger partial charge in [0.2, 0.25) is 0 Å². The topological polar surface area (TPSA) is 37.3 Å². The Morgan fingerprint density at radius 1 is 0.900 bits per heavy atom. The first-order valence-corrected chi connectivity index (χ1v) is 8.41. The van der Waals surface area contributed by atoms with Gasteiger partial charge in [-0.05, 0) is 24.7 Å². The number of carbonyl (C=O) groups is 1. The summed E-state index contributed by atoms with van der Waals surface area (Å²) in [6.45, 7) is 6.99. The lowest BCUT2D eigenvalue weighted by Crippen LogP contribution is -1.96. The van der Waals surface area contributed by atoms with Crippen molar-refractivity contribution < 1.29 is 9.90 Å². The lowest BCUT2D eigenvalue weighted by atomic mass is 9.95. The van der Waals surface area contributed by atoms with Crippen molar-refractivity contribution in [1.82, 2.24) is 0 Å². The first kappa shape index (κ1) is 19.2. The average Bonchev–Trinajstić information content (AvgIpc) is 2.36. The molecular weight excluding hydrogens is 248 g/mol. The molecule has 0 bridgehead atoms. The number of hydrogen-bond acceptors (Lipinski definition) is 1. The third-order valence-electron chi connectivity index (χ3n) is 3.81. The van der Waals surface area contributed by atoms with Gasteiger partial charge in [-0.25, -0.2) is 4.79 Å². The van der Waals surface area contributed by atoms with Crippen molar-refractivity contribution >= 4 is 5.97 Å². The molecule has 0 spiro atoms. The van der Waals surface area contributed by atoms with E-state index in [0.29, 0.717) is 0 Å². The van der Waals surface area contributed by atoms with Crippen LogP contribution in [0.5, 0.6) is 0 Å². The molecule has 1 N–H and O–H groups in total. The quantitative estimate of drug-likeness (QED) is 0.341. The molecule has 0 saturated carbocycles. The van der Waals surface area contributed by atoms with Gasteiger partial charge in [0.25, 0.3) is 0 Å². The molecule has 118 valence electrons. The summed E-state index contributed by atoms with van der Waals surface area (Å²) in [6.07, 6.45) is 15.7. The van der Waals surface area contributed by atoms with E-state index in [1.165, 1.54) is 57.4 Å². The third-order valence-corrected chi connectivity index (χ3v) is 3.81. The Balaban J connectivity index is 3.25. The summed E-state index contributed by atoms with van der Waals surface area (Å²) in [5, 5.41) is 8.44. The van der Waals surface area contributed by atoms with Gasteiger partial charge in [-0.3, -0.25) is 0 Å². The van der Waals surface area contributed by atoms with Crippen molar-refractivity contribution in [2.45, 2.75) is 85.0 Å². The maximum absolute atomic E-state index is 10.3. The van der Waals surface area contributed by atoms with Gasteiger partial charge >= 0.3 is 5.97 Å². The zero-order valence-electron chi connectivity index (χ0n) is 13.7. The minimum absolute atomic E-state index is 0.837. The number of rotatable bonds is 13. The number of aliphatic carboxylic acids is 1. The van der Waals surface area contributed by atoms with Gasteiger partial charge < -0.3 is 5.11 Å². The summed E-state index contributed by atoms with van der Waals surface area (Å²) in [7, 11) is 0. The second-order valence-electron chi connectivity index (χ2n) is 6.52. The van der Waals surface area contributed by atoms with Crippen molar-refractivity contribution in [3.8, 4) is 0 Å². The molecule has 0 heterocycles. The summed E-state index contributed by atoms with van der Waals surface area (Å²) in [5.74, 6) is 0.890. The maximum Gasteiger partial charge on any atom is 0.327 e. The highest BCUT2D eigenvalue weighted by molar-refractivity contribution is 5.79. The Kier molecular flexibility index (Phi) is 12.7. The Labute approximate surface area is 125 Å². The van der Waals surface area contributed by atoms with Crippen LogP contribution in [0.3, 0.4) is 0 Å². The fourth-order valence-electron chi connectivity index (χ4n) is 2.49. The average molecular weight is 282 g/mol. The fourth-order valence-corrected chi connectivity index (χ4v) is 2.49. The van der Waals surface area contributed by atoms with Gasteiger partial charge in [-0.2, -0.15) is 0 Å². The van der Waals surface area contributed by atoms with E-state index in [9.17, 15) is 4.79 Å². The molecule has 2 nitrogen and oxygen atoms in total. The Bertz CT molecular complexity index is 256. The van der Waals surface area contributed by atoms with E-state index in [-0.39, 0.29) is 0 Å². The molecule has 1 unspecified atom stereocenters. The number of unbranched alkanes of at least 4 members (excludes halogenated alkanes) is 5. The van der Waals surface area contributed by atoms with Gasteiger partial charge in [-0.1, -0.05) is 78.2 Å². The summed E-state index contributed by atoms with van der Waals surface area (Å²) < 4.78 is 0. The van der Waals surface area contributed by atoms with Crippen LogP contribution >= 0.6 is 0 Å². The number of carboxylic acids is 1. The lowest BCUT2D eigenvalue weighted by molar-refractivity contribution is -0.131. The van der Waals surface area contributed by atoms with E-state index >= 15 is 0 Å². The van der Waals surface area contributed by atoms with E-state index in [1.54, 1.807) is 6.08 Å². The molecule has 2 heteroatoms. The minimum atomic E-state index is -0.837. The molecule has 0 aromatic heterocycles. The molecule has 0 aliphatic carbocycles. The van der Waals surface area contributed by atoms with Gasteiger partial charge in [0.05, 0.1) is 0 Å². The van der Waals surface area contributed by atoms with Crippen molar-refractivity contribution in [3.63, 3.8) is 0 Å². The normalized spacial score (nSPS) is 13.2. The van der Waals surface area contributed by atoms with Crippen LogP contribution in [0.15, 0.2) is 12.2 Å². The molecule has 0 aromatic carbocycles. The highest BCUT2D eigenvalue weighted by atomic mass is 16.4. The SMILES string of the molecule is CC(C)CCCC(C)CCCCCCCC=CC(=O)O. The predicted octanol–water partition coefficient (Wildman–Crippen LogP) is 5.82. The highest BCUT2D eigenvalue weighted by Crippen LogP contribution is 2.18. The van der Waals surface area contributed by atoms with Gasteiger partial charge in [0.1, 0.15) is 0 Å². The molecule has 0 amide bonds. The van der Waals surface area contributed by atoms with Crippen LogP contribution in [0.4, 0.5) is 0 Å². The smallest absolute Gasteiger partial charge is 0.327 e. The monoisotopic (exact) mass is 282 g/mol. The molecule has 20 heavy (non-hydrogen) atoms. The zero-order valence-corrected chi connectivity index (χ0v) is 13.7. The standard InChI is InChI=1S/C18H34O2/c1-16(2)12-11-14-17(3)13-9-7-5-4-6-8-10-15-18(19)20/h10,15-17H,4-9,11-14H2,1-3H3,(H,19,20). The van der Waals surface area contributed by atoms with E-state index in [1.807, 2.05) is 0 Å². The van der Waals surface area contributed by atoms with Crippen LogP contribution in [-0.2, 0) is 4.79 Å². The largest absolute Gasteiger partial charge is 0.478 e. The first-order valence-electron chi connectivity index (χ1n) is 8.41. The summed E-state index contributed by atoms with van der Waals surface area (Å²) in [4.78, 5) is 10.3. The molecule has 0 rings (SSSR count). The summed E-state index contributed by atoms with van der Waals surface area (Å²) in [5.41, 5.74) is 0. The second kappa shape index (κ2) is 13.2.